The summed E-state index contributed by atoms with van der Waals surface area (Å²) in [6.45, 7) is 1.16. The average molecular weight is 393 g/mol. The number of benzene rings is 1. The van der Waals surface area contributed by atoms with Crippen LogP contribution in [0.5, 0.6) is 0 Å². The summed E-state index contributed by atoms with van der Waals surface area (Å²) in [5.41, 5.74) is 2.05. The first-order valence-corrected chi connectivity index (χ1v) is 9.72. The van der Waals surface area contributed by atoms with E-state index < -0.39 is 6.10 Å². The fourth-order valence-corrected chi connectivity index (χ4v) is 4.03. The van der Waals surface area contributed by atoms with Gasteiger partial charge in [0.2, 0.25) is 5.91 Å². The van der Waals surface area contributed by atoms with E-state index in [9.17, 15) is 14.7 Å². The second-order valence-electron chi connectivity index (χ2n) is 7.72. The molecule has 3 atom stereocenters. The molecule has 8 heteroatoms. The molecule has 0 bridgehead atoms. The van der Waals surface area contributed by atoms with Crippen LogP contribution >= 0.6 is 0 Å². The van der Waals surface area contributed by atoms with Gasteiger partial charge in [-0.1, -0.05) is 12.1 Å². The van der Waals surface area contributed by atoms with E-state index in [2.05, 4.69) is 11.2 Å². The highest BCUT2D eigenvalue weighted by atomic mass is 16.3. The molecule has 1 aromatic carbocycles. The van der Waals surface area contributed by atoms with Gasteiger partial charge >= 0.3 is 0 Å². The Morgan fingerprint density at radius 2 is 1.97 bits per heavy atom. The third kappa shape index (κ3) is 3.87. The molecule has 1 saturated carbocycles. The van der Waals surface area contributed by atoms with E-state index in [1.165, 1.54) is 4.68 Å². The van der Waals surface area contributed by atoms with E-state index in [1.54, 1.807) is 35.2 Å². The molecule has 2 aliphatic rings. The summed E-state index contributed by atoms with van der Waals surface area (Å²) in [6, 6.07) is 11.2. The van der Waals surface area contributed by atoms with Crippen LogP contribution in [0.1, 0.15) is 34.0 Å². The van der Waals surface area contributed by atoms with Crippen molar-refractivity contribution in [2.75, 3.05) is 26.2 Å². The molecule has 1 saturated heterocycles. The number of amides is 2. The Morgan fingerprint density at radius 1 is 1.21 bits per heavy atom. The predicted octanol–water partition coefficient (Wildman–Crippen LogP) is 0.741. The van der Waals surface area contributed by atoms with Crippen LogP contribution in [0.4, 0.5) is 0 Å². The molecule has 2 aromatic rings. The molecule has 2 amide bonds. The molecule has 1 aromatic heterocycles. The lowest BCUT2D eigenvalue weighted by Gasteiger charge is -2.22. The minimum Gasteiger partial charge on any atom is -0.389 e. The van der Waals surface area contributed by atoms with E-state index in [4.69, 9.17) is 5.26 Å². The maximum atomic E-state index is 13.0. The summed E-state index contributed by atoms with van der Waals surface area (Å²) in [7, 11) is 1.70. The van der Waals surface area contributed by atoms with Crippen LogP contribution in [0.25, 0.3) is 0 Å². The molecule has 0 radical (unpaired) electrons. The number of aryl methyl sites for hydroxylation is 1. The Bertz CT molecular complexity index is 979. The normalized spacial score (nSPS) is 24.0. The summed E-state index contributed by atoms with van der Waals surface area (Å²) >= 11 is 0. The molecule has 29 heavy (non-hydrogen) atoms. The van der Waals surface area contributed by atoms with Gasteiger partial charge in [-0.2, -0.15) is 10.4 Å². The predicted molar refractivity (Wildman–Crippen MR) is 104 cm³/mol. The summed E-state index contributed by atoms with van der Waals surface area (Å²) in [6.07, 6.45) is 1.52. The lowest BCUT2D eigenvalue weighted by Crippen LogP contribution is -2.38. The van der Waals surface area contributed by atoms with E-state index in [0.29, 0.717) is 24.3 Å². The second-order valence-corrected chi connectivity index (χ2v) is 7.72. The van der Waals surface area contributed by atoms with E-state index >= 15 is 0 Å². The van der Waals surface area contributed by atoms with Gasteiger partial charge in [0.15, 0.2) is 0 Å². The zero-order chi connectivity index (χ0) is 20.5. The number of hydrogen-bond acceptors (Lipinski definition) is 5. The fourth-order valence-electron chi connectivity index (χ4n) is 4.03. The highest BCUT2D eigenvalue weighted by Crippen LogP contribution is 2.48. The van der Waals surface area contributed by atoms with Gasteiger partial charge in [-0.05, 0) is 36.1 Å². The smallest absolute Gasteiger partial charge is 0.272 e. The lowest BCUT2D eigenvalue weighted by atomic mass is 10.1. The number of β-amino-alcohol motifs (C(OH)–C–C–N with tert-alkyl or cyclic N) is 1. The number of aliphatic hydroxyl groups is 1. The van der Waals surface area contributed by atoms with E-state index in [1.807, 2.05) is 18.2 Å². The number of hydrogen-bond donors (Lipinski definition) is 1. The van der Waals surface area contributed by atoms with Crippen molar-refractivity contribution in [2.45, 2.75) is 18.4 Å². The zero-order valence-corrected chi connectivity index (χ0v) is 16.2. The molecule has 8 nitrogen and oxygen atoms in total. The summed E-state index contributed by atoms with van der Waals surface area (Å²) in [5, 5.41) is 23.5. The number of nitriles is 1. The highest BCUT2D eigenvalue weighted by molar-refractivity contribution is 5.92. The van der Waals surface area contributed by atoms with E-state index in [-0.39, 0.29) is 36.7 Å². The standard InChI is InChI=1S/C21H23N5O3/c1-24-19(5-6-23-24)21(29)26-8-7-25(12-16(27)13-26)20(28)18-10-17(18)15-4-2-3-14(9-15)11-22/h2-6,9,16-18,27H,7-8,10,12-13H2,1H3/t16?,17-,18+/m0/s1. The Kier molecular flexibility index (Phi) is 5.07. The third-order valence-electron chi connectivity index (χ3n) is 5.69. The van der Waals surface area contributed by atoms with Crippen molar-refractivity contribution in [2.24, 2.45) is 13.0 Å². The number of aliphatic hydroxyl groups excluding tert-OH is 1. The molecule has 1 aliphatic carbocycles. The molecule has 0 spiro atoms. The van der Waals surface area contributed by atoms with Crippen LogP contribution in [0.15, 0.2) is 36.5 Å². The van der Waals surface area contributed by atoms with Gasteiger partial charge in [0, 0.05) is 45.3 Å². The molecule has 1 unspecified atom stereocenters. The quantitative estimate of drug-likeness (QED) is 0.829. The van der Waals surface area contributed by atoms with Crippen molar-refractivity contribution >= 4 is 11.8 Å². The number of aromatic nitrogens is 2. The van der Waals surface area contributed by atoms with Gasteiger partial charge in [-0.25, -0.2) is 0 Å². The summed E-state index contributed by atoms with van der Waals surface area (Å²) < 4.78 is 1.51. The number of carbonyl (C=O) groups excluding carboxylic acids is 2. The van der Waals surface area contributed by atoms with Gasteiger partial charge in [0.05, 0.1) is 17.7 Å². The van der Waals surface area contributed by atoms with Crippen LogP contribution in [0, 0.1) is 17.2 Å². The molecule has 150 valence electrons. The first-order valence-electron chi connectivity index (χ1n) is 9.72. The van der Waals surface area contributed by atoms with Crippen molar-refractivity contribution in [3.8, 4) is 6.07 Å². The Hall–Kier alpha value is -3.18. The van der Waals surface area contributed by atoms with Gasteiger partial charge < -0.3 is 14.9 Å². The van der Waals surface area contributed by atoms with Crippen LogP contribution < -0.4 is 0 Å². The van der Waals surface area contributed by atoms with Crippen LogP contribution in [0.3, 0.4) is 0 Å². The largest absolute Gasteiger partial charge is 0.389 e. The number of carbonyl (C=O) groups is 2. The topological polar surface area (TPSA) is 102 Å². The second kappa shape index (κ2) is 7.68. The minimum absolute atomic E-state index is 0.00578. The van der Waals surface area contributed by atoms with Crippen molar-refractivity contribution in [3.63, 3.8) is 0 Å². The monoisotopic (exact) mass is 393 g/mol. The maximum Gasteiger partial charge on any atom is 0.272 e. The van der Waals surface area contributed by atoms with Crippen LogP contribution in [-0.2, 0) is 11.8 Å². The number of rotatable bonds is 3. The Morgan fingerprint density at radius 3 is 2.69 bits per heavy atom. The average Bonchev–Trinajstić information content (AvgIpc) is 3.46. The van der Waals surface area contributed by atoms with Crippen LogP contribution in [-0.4, -0.2) is 68.8 Å². The van der Waals surface area contributed by atoms with Gasteiger partial charge in [0.1, 0.15) is 5.69 Å². The van der Waals surface area contributed by atoms with Crippen molar-refractivity contribution in [1.82, 2.24) is 19.6 Å². The Labute approximate surface area is 168 Å². The fraction of sp³-hybridized carbons (Fsp3) is 0.429. The molecule has 2 fully saturated rings. The molecule has 1 N–H and O–H groups in total. The molecule has 4 rings (SSSR count). The molecule has 2 heterocycles. The summed E-state index contributed by atoms with van der Waals surface area (Å²) in [5.74, 6) is -0.207. The number of nitrogens with zero attached hydrogens (tertiary/aromatic N) is 5. The SMILES string of the molecule is Cn1nccc1C(=O)N1CCN(C(=O)[C@@H]2C[C@H]2c2cccc(C#N)c2)CC(O)C1. The highest BCUT2D eigenvalue weighted by Gasteiger charge is 2.46. The van der Waals surface area contributed by atoms with Gasteiger partial charge in [0.25, 0.3) is 5.91 Å². The molecular formula is C21H23N5O3. The maximum absolute atomic E-state index is 13.0. The van der Waals surface area contributed by atoms with E-state index in [0.717, 1.165) is 12.0 Å². The molecular weight excluding hydrogens is 370 g/mol. The zero-order valence-electron chi connectivity index (χ0n) is 16.2. The minimum atomic E-state index is -0.794. The Balaban J connectivity index is 1.41. The first-order chi connectivity index (χ1) is 14.0. The van der Waals surface area contributed by atoms with Gasteiger partial charge in [-0.15, -0.1) is 0 Å². The lowest BCUT2D eigenvalue weighted by molar-refractivity contribution is -0.133. The van der Waals surface area contributed by atoms with Gasteiger partial charge in [-0.3, -0.25) is 14.3 Å². The third-order valence-corrected chi connectivity index (χ3v) is 5.69. The van der Waals surface area contributed by atoms with Crippen LogP contribution in [0.2, 0.25) is 0 Å². The van der Waals surface area contributed by atoms with Crippen molar-refractivity contribution < 1.29 is 14.7 Å². The summed E-state index contributed by atoms with van der Waals surface area (Å²) in [4.78, 5) is 29.0. The van der Waals surface area contributed by atoms with Crippen molar-refractivity contribution in [1.29, 1.82) is 5.26 Å². The first kappa shape index (κ1) is 19.2. The molecule has 1 aliphatic heterocycles. The van der Waals surface area contributed by atoms with Crippen molar-refractivity contribution in [3.05, 3.63) is 53.3 Å².